The fourth-order valence-electron chi connectivity index (χ4n) is 3.51. The third-order valence-corrected chi connectivity index (χ3v) is 5.10. The molecule has 0 bridgehead atoms. The van der Waals surface area contributed by atoms with Crippen LogP contribution in [0.5, 0.6) is 0 Å². The van der Waals surface area contributed by atoms with Gasteiger partial charge in [0.05, 0.1) is 17.0 Å². The number of nitrogens with zero attached hydrogens (tertiary/aromatic N) is 3. The molecule has 2 N–H and O–H groups in total. The van der Waals surface area contributed by atoms with Gasteiger partial charge in [-0.2, -0.15) is 0 Å². The molecule has 3 amide bonds. The maximum absolute atomic E-state index is 13.3. The molecule has 1 aromatic heterocycles. The van der Waals surface area contributed by atoms with Crippen LogP contribution in [0.4, 0.5) is 17.1 Å². The van der Waals surface area contributed by atoms with Crippen LogP contribution in [0, 0.1) is 10.1 Å². The molecule has 0 spiro atoms. The van der Waals surface area contributed by atoms with Crippen molar-refractivity contribution in [3.05, 3.63) is 100.0 Å². The van der Waals surface area contributed by atoms with E-state index >= 15 is 0 Å². The van der Waals surface area contributed by atoms with Crippen molar-refractivity contribution >= 4 is 40.4 Å². The van der Waals surface area contributed by atoms with Crippen LogP contribution in [-0.2, 0) is 20.9 Å². The van der Waals surface area contributed by atoms with E-state index in [1.165, 1.54) is 31.2 Å². The normalized spacial score (nSPS) is 13.3. The fourth-order valence-corrected chi connectivity index (χ4v) is 3.51. The van der Waals surface area contributed by atoms with E-state index in [-0.39, 0.29) is 29.4 Å². The van der Waals surface area contributed by atoms with E-state index in [1.807, 2.05) is 0 Å². The lowest BCUT2D eigenvalue weighted by Gasteiger charge is -2.15. The Morgan fingerprint density at radius 2 is 1.56 bits per heavy atom. The minimum Gasteiger partial charge on any atom is -0.350 e. The zero-order valence-corrected chi connectivity index (χ0v) is 18.0. The number of hydrogen-bond acceptors (Lipinski definition) is 7. The van der Waals surface area contributed by atoms with Gasteiger partial charge in [0.25, 0.3) is 17.5 Å². The Hall–Kier alpha value is -4.86. The lowest BCUT2D eigenvalue weighted by atomic mass is 10.0. The number of rotatable bonds is 7. The summed E-state index contributed by atoms with van der Waals surface area (Å²) in [6.07, 6.45) is 3.14. The number of imide groups is 1. The Balaban J connectivity index is 1.70. The molecule has 0 atom stereocenters. The van der Waals surface area contributed by atoms with E-state index in [0.29, 0.717) is 16.9 Å². The second kappa shape index (κ2) is 9.33. The summed E-state index contributed by atoms with van der Waals surface area (Å²) in [5.41, 5.74) is 2.24. The van der Waals surface area contributed by atoms with Gasteiger partial charge in [-0.15, -0.1) is 0 Å². The van der Waals surface area contributed by atoms with Crippen molar-refractivity contribution in [2.45, 2.75) is 13.5 Å². The Kier molecular flexibility index (Phi) is 6.13. The van der Waals surface area contributed by atoms with Gasteiger partial charge in [0.2, 0.25) is 5.91 Å². The van der Waals surface area contributed by atoms with Crippen LogP contribution >= 0.6 is 0 Å². The van der Waals surface area contributed by atoms with Crippen molar-refractivity contribution in [1.82, 2.24) is 9.88 Å². The molecule has 0 aliphatic carbocycles. The van der Waals surface area contributed by atoms with E-state index in [1.54, 1.807) is 48.8 Å². The topological polar surface area (TPSA) is 135 Å². The summed E-state index contributed by atoms with van der Waals surface area (Å²) in [6, 6.07) is 15.5. The van der Waals surface area contributed by atoms with Gasteiger partial charge in [0.1, 0.15) is 5.70 Å². The van der Waals surface area contributed by atoms with Crippen LogP contribution in [-0.4, -0.2) is 32.5 Å². The van der Waals surface area contributed by atoms with Crippen LogP contribution in [0.1, 0.15) is 18.1 Å². The third kappa shape index (κ3) is 4.65. The molecule has 1 aliphatic rings. The minimum absolute atomic E-state index is 0.0450. The van der Waals surface area contributed by atoms with Gasteiger partial charge in [0, 0.05) is 42.8 Å². The average molecular weight is 457 g/mol. The average Bonchev–Trinajstić information content (AvgIpc) is 3.05. The van der Waals surface area contributed by atoms with E-state index in [9.17, 15) is 24.5 Å². The number of carbonyl (C=O) groups excluding carboxylic acids is 3. The minimum atomic E-state index is -0.536. The molecule has 10 nitrogen and oxygen atoms in total. The Labute approximate surface area is 194 Å². The Morgan fingerprint density at radius 1 is 0.941 bits per heavy atom. The van der Waals surface area contributed by atoms with Gasteiger partial charge >= 0.3 is 0 Å². The van der Waals surface area contributed by atoms with Crippen LogP contribution < -0.4 is 10.6 Å². The molecule has 0 saturated heterocycles. The number of nitro groups is 1. The number of non-ortho nitro benzene ring substituents is 1. The number of anilines is 2. The molecule has 10 heteroatoms. The second-order valence-electron chi connectivity index (χ2n) is 7.49. The van der Waals surface area contributed by atoms with Crippen LogP contribution in [0.15, 0.2) is 78.8 Å². The van der Waals surface area contributed by atoms with Crippen molar-refractivity contribution in [1.29, 1.82) is 0 Å². The van der Waals surface area contributed by atoms with E-state index in [4.69, 9.17) is 0 Å². The molecule has 0 fully saturated rings. The van der Waals surface area contributed by atoms with Crippen molar-refractivity contribution < 1.29 is 19.3 Å². The van der Waals surface area contributed by atoms with Gasteiger partial charge in [-0.1, -0.05) is 0 Å². The standard InChI is InChI=1S/C24H19N5O5/c1-15(30)26-18-4-6-19(7-5-18)27-22-21(17-2-8-20(9-3-17)29(33)34)23(31)28(24(22)32)14-16-10-12-25-13-11-16/h2-13,27H,14H2,1H3,(H,26,30). The highest BCUT2D eigenvalue weighted by molar-refractivity contribution is 6.36. The SMILES string of the molecule is CC(=O)Nc1ccc(NC2=C(c3ccc([N+](=O)[O-])cc3)C(=O)N(Cc3ccncc3)C2=O)cc1. The predicted octanol–water partition coefficient (Wildman–Crippen LogP) is 3.34. The number of hydrogen-bond donors (Lipinski definition) is 2. The monoisotopic (exact) mass is 457 g/mol. The summed E-state index contributed by atoms with van der Waals surface area (Å²) in [7, 11) is 0. The molecule has 2 aromatic carbocycles. The summed E-state index contributed by atoms with van der Waals surface area (Å²) >= 11 is 0. The molecule has 34 heavy (non-hydrogen) atoms. The number of nitrogens with one attached hydrogen (secondary N) is 2. The Bertz CT molecular complexity index is 1300. The predicted molar refractivity (Wildman–Crippen MR) is 124 cm³/mol. The van der Waals surface area contributed by atoms with Crippen LogP contribution in [0.2, 0.25) is 0 Å². The van der Waals surface area contributed by atoms with Gasteiger partial charge in [-0.25, -0.2) is 0 Å². The van der Waals surface area contributed by atoms with Gasteiger partial charge in [-0.3, -0.25) is 34.4 Å². The Morgan fingerprint density at radius 3 is 2.15 bits per heavy atom. The maximum atomic E-state index is 13.3. The highest BCUT2D eigenvalue weighted by Crippen LogP contribution is 2.32. The summed E-state index contributed by atoms with van der Waals surface area (Å²) in [5, 5.41) is 16.7. The number of nitro benzene ring substituents is 1. The largest absolute Gasteiger partial charge is 0.350 e. The van der Waals surface area contributed by atoms with E-state index < -0.39 is 16.7 Å². The first-order chi connectivity index (χ1) is 16.3. The molecule has 4 rings (SSSR count). The first kappa shape index (κ1) is 22.3. The van der Waals surface area contributed by atoms with Crippen molar-refractivity contribution in [2.24, 2.45) is 0 Å². The number of benzene rings is 2. The van der Waals surface area contributed by atoms with Gasteiger partial charge < -0.3 is 10.6 Å². The fraction of sp³-hybridized carbons (Fsp3) is 0.0833. The summed E-state index contributed by atoms with van der Waals surface area (Å²) in [4.78, 5) is 53.4. The van der Waals surface area contributed by atoms with Gasteiger partial charge in [-0.05, 0) is 59.7 Å². The maximum Gasteiger partial charge on any atom is 0.278 e. The van der Waals surface area contributed by atoms with Crippen molar-refractivity contribution in [3.63, 3.8) is 0 Å². The number of pyridine rings is 1. The molecule has 3 aromatic rings. The molecular formula is C24H19N5O5. The number of carbonyl (C=O) groups is 3. The highest BCUT2D eigenvalue weighted by Gasteiger charge is 2.39. The number of aromatic nitrogens is 1. The molecule has 2 heterocycles. The van der Waals surface area contributed by atoms with Gasteiger partial charge in [0.15, 0.2) is 0 Å². The molecule has 1 aliphatic heterocycles. The van der Waals surface area contributed by atoms with Crippen molar-refractivity contribution in [3.8, 4) is 0 Å². The first-order valence-electron chi connectivity index (χ1n) is 10.2. The zero-order chi connectivity index (χ0) is 24.2. The number of amides is 3. The first-order valence-corrected chi connectivity index (χ1v) is 10.2. The van der Waals surface area contributed by atoms with E-state index in [2.05, 4.69) is 15.6 Å². The lowest BCUT2D eigenvalue weighted by Crippen LogP contribution is -2.32. The van der Waals surface area contributed by atoms with Crippen molar-refractivity contribution in [2.75, 3.05) is 10.6 Å². The molecule has 0 unspecified atom stereocenters. The summed E-state index contributed by atoms with van der Waals surface area (Å²) in [5.74, 6) is -1.26. The highest BCUT2D eigenvalue weighted by atomic mass is 16.6. The molecule has 0 radical (unpaired) electrons. The smallest absolute Gasteiger partial charge is 0.278 e. The molecule has 170 valence electrons. The van der Waals surface area contributed by atoms with E-state index in [0.717, 1.165) is 10.5 Å². The lowest BCUT2D eigenvalue weighted by molar-refractivity contribution is -0.384. The molecule has 0 saturated carbocycles. The summed E-state index contributed by atoms with van der Waals surface area (Å²) < 4.78 is 0. The molecular weight excluding hydrogens is 438 g/mol. The second-order valence-corrected chi connectivity index (χ2v) is 7.49. The third-order valence-electron chi connectivity index (χ3n) is 5.10. The zero-order valence-electron chi connectivity index (χ0n) is 18.0. The van der Waals surface area contributed by atoms with Crippen LogP contribution in [0.25, 0.3) is 5.57 Å². The summed E-state index contributed by atoms with van der Waals surface area (Å²) in [6.45, 7) is 1.44. The quantitative estimate of drug-likeness (QED) is 0.316. The van der Waals surface area contributed by atoms with Crippen LogP contribution in [0.3, 0.4) is 0 Å².